The molecule has 0 spiro atoms. The van der Waals surface area contributed by atoms with Crippen LogP contribution in [-0.2, 0) is 4.79 Å². The molecule has 0 heterocycles. The van der Waals surface area contributed by atoms with E-state index in [1.54, 1.807) is 6.08 Å². The van der Waals surface area contributed by atoms with Crippen LogP contribution in [0.3, 0.4) is 0 Å². The second-order valence-corrected chi connectivity index (χ2v) is 6.29. The van der Waals surface area contributed by atoms with E-state index < -0.39 is 0 Å². The number of allylic oxidation sites excluding steroid dienone is 2. The minimum Gasteiger partial charge on any atom is -0.492 e. The second kappa shape index (κ2) is 7.54. The molecule has 0 aromatic heterocycles. The second-order valence-electron chi connectivity index (χ2n) is 5.85. The molecular formula is C20H20ClNO2. The third-order valence-electron chi connectivity index (χ3n) is 4.05. The van der Waals surface area contributed by atoms with Crippen LogP contribution in [0.4, 0.5) is 5.69 Å². The number of nitrogens with one attached hydrogen (secondary N) is 1. The van der Waals surface area contributed by atoms with Gasteiger partial charge in [-0.15, -0.1) is 0 Å². The van der Waals surface area contributed by atoms with Crippen molar-refractivity contribution in [3.8, 4) is 5.75 Å². The van der Waals surface area contributed by atoms with Crippen molar-refractivity contribution in [1.29, 1.82) is 0 Å². The molecule has 0 amide bonds. The third kappa shape index (κ3) is 3.98. The van der Waals surface area contributed by atoms with Gasteiger partial charge in [0.2, 0.25) is 0 Å². The number of ketones is 1. The summed E-state index contributed by atoms with van der Waals surface area (Å²) < 4.78 is 5.64. The maximum Gasteiger partial charge on any atom is 0.158 e. The fourth-order valence-electron chi connectivity index (χ4n) is 3.00. The van der Waals surface area contributed by atoms with Gasteiger partial charge in [0.15, 0.2) is 5.78 Å². The first-order chi connectivity index (χ1) is 11.7. The van der Waals surface area contributed by atoms with Gasteiger partial charge in [-0.05, 0) is 49.1 Å². The topological polar surface area (TPSA) is 38.3 Å². The first kappa shape index (κ1) is 16.6. The molecule has 1 N–H and O–H groups in total. The summed E-state index contributed by atoms with van der Waals surface area (Å²) in [6, 6.07) is 15.5. The van der Waals surface area contributed by atoms with Crippen LogP contribution in [0, 0.1) is 0 Å². The van der Waals surface area contributed by atoms with Crippen LogP contribution in [0.1, 0.15) is 31.2 Å². The lowest BCUT2D eigenvalue weighted by Crippen LogP contribution is -2.17. The molecule has 3 rings (SSSR count). The molecule has 2 aromatic rings. The van der Waals surface area contributed by atoms with Crippen LogP contribution in [-0.4, -0.2) is 12.4 Å². The first-order valence-corrected chi connectivity index (χ1v) is 8.51. The molecule has 0 fully saturated rings. The molecule has 1 aliphatic carbocycles. The highest BCUT2D eigenvalue weighted by Gasteiger charge is 2.23. The molecule has 1 unspecified atom stereocenters. The Labute approximate surface area is 147 Å². The van der Waals surface area contributed by atoms with Gasteiger partial charge in [0, 0.05) is 23.2 Å². The lowest BCUT2D eigenvalue weighted by Gasteiger charge is -2.24. The lowest BCUT2D eigenvalue weighted by molar-refractivity contribution is -0.115. The number of anilines is 1. The van der Waals surface area contributed by atoms with E-state index >= 15 is 0 Å². The van der Waals surface area contributed by atoms with Crippen LogP contribution >= 0.6 is 11.6 Å². The molecule has 0 saturated carbocycles. The minimum atomic E-state index is 0.127. The standard InChI is InChI=1S/C20H20ClNO2/c1-2-24-20-9-4-3-8-19(20)22-17-11-15(12-18(23)13-17)14-6-5-7-16(21)10-14/h3-10,13,15,22H,2,11-12H2,1H3. The van der Waals surface area contributed by atoms with Crippen LogP contribution in [0.25, 0.3) is 0 Å². The van der Waals surface area contributed by atoms with E-state index in [4.69, 9.17) is 16.3 Å². The maximum absolute atomic E-state index is 12.2. The van der Waals surface area contributed by atoms with E-state index in [0.29, 0.717) is 18.1 Å². The summed E-state index contributed by atoms with van der Waals surface area (Å²) in [5.74, 6) is 1.06. The first-order valence-electron chi connectivity index (χ1n) is 8.13. The van der Waals surface area contributed by atoms with Crippen molar-refractivity contribution in [3.63, 3.8) is 0 Å². The van der Waals surface area contributed by atoms with Gasteiger partial charge in [-0.1, -0.05) is 35.9 Å². The predicted molar refractivity (Wildman–Crippen MR) is 97.8 cm³/mol. The average Bonchev–Trinajstić information content (AvgIpc) is 2.56. The fourth-order valence-corrected chi connectivity index (χ4v) is 3.20. The number of hydrogen-bond acceptors (Lipinski definition) is 3. The summed E-state index contributed by atoms with van der Waals surface area (Å²) in [6.45, 7) is 2.55. The Morgan fingerprint density at radius 3 is 2.79 bits per heavy atom. The van der Waals surface area contributed by atoms with E-state index in [1.807, 2.05) is 55.5 Å². The van der Waals surface area contributed by atoms with E-state index in [-0.39, 0.29) is 11.7 Å². The molecule has 124 valence electrons. The van der Waals surface area contributed by atoms with Crippen molar-refractivity contribution in [2.75, 3.05) is 11.9 Å². The van der Waals surface area contributed by atoms with Crippen LogP contribution in [0.2, 0.25) is 5.02 Å². The van der Waals surface area contributed by atoms with E-state index in [0.717, 1.165) is 29.1 Å². The van der Waals surface area contributed by atoms with E-state index in [9.17, 15) is 4.79 Å². The number of ether oxygens (including phenoxy) is 1. The van der Waals surface area contributed by atoms with E-state index in [2.05, 4.69) is 5.32 Å². The smallest absolute Gasteiger partial charge is 0.158 e. The molecule has 24 heavy (non-hydrogen) atoms. The Morgan fingerprint density at radius 2 is 2.00 bits per heavy atom. The van der Waals surface area contributed by atoms with Gasteiger partial charge >= 0.3 is 0 Å². The number of para-hydroxylation sites is 2. The summed E-state index contributed by atoms with van der Waals surface area (Å²) in [5, 5.41) is 4.06. The zero-order valence-corrected chi connectivity index (χ0v) is 14.3. The van der Waals surface area contributed by atoms with Crippen LogP contribution < -0.4 is 10.1 Å². The monoisotopic (exact) mass is 341 g/mol. The Morgan fingerprint density at radius 1 is 1.17 bits per heavy atom. The predicted octanol–water partition coefficient (Wildman–Crippen LogP) is 5.18. The van der Waals surface area contributed by atoms with E-state index in [1.165, 1.54) is 0 Å². The Bertz CT molecular complexity index is 770. The molecule has 0 saturated heterocycles. The Balaban J connectivity index is 1.80. The highest BCUT2D eigenvalue weighted by molar-refractivity contribution is 6.30. The molecule has 2 aromatic carbocycles. The van der Waals surface area contributed by atoms with Crippen molar-refractivity contribution in [2.24, 2.45) is 0 Å². The van der Waals surface area contributed by atoms with Gasteiger partial charge in [-0.25, -0.2) is 0 Å². The zero-order valence-electron chi connectivity index (χ0n) is 13.6. The minimum absolute atomic E-state index is 0.127. The van der Waals surface area contributed by atoms with Crippen LogP contribution in [0.15, 0.2) is 60.3 Å². The number of carbonyl (C=O) groups excluding carboxylic acids is 1. The molecule has 3 nitrogen and oxygen atoms in total. The van der Waals surface area contributed by atoms with Crippen molar-refractivity contribution in [3.05, 3.63) is 70.9 Å². The molecular weight excluding hydrogens is 322 g/mol. The van der Waals surface area contributed by atoms with Gasteiger partial charge < -0.3 is 10.1 Å². The highest BCUT2D eigenvalue weighted by Crippen LogP contribution is 2.34. The quantitative estimate of drug-likeness (QED) is 0.814. The molecule has 1 aliphatic rings. The van der Waals surface area contributed by atoms with Crippen molar-refractivity contribution in [2.45, 2.75) is 25.7 Å². The summed E-state index contributed by atoms with van der Waals surface area (Å²) in [5.41, 5.74) is 2.88. The van der Waals surface area contributed by atoms with Crippen molar-refractivity contribution in [1.82, 2.24) is 0 Å². The third-order valence-corrected chi connectivity index (χ3v) is 4.29. The number of carbonyl (C=O) groups is 1. The highest BCUT2D eigenvalue weighted by atomic mass is 35.5. The number of hydrogen-bond donors (Lipinski definition) is 1. The molecule has 0 radical (unpaired) electrons. The number of rotatable bonds is 5. The van der Waals surface area contributed by atoms with Gasteiger partial charge in [0.25, 0.3) is 0 Å². The van der Waals surface area contributed by atoms with Gasteiger partial charge in [0.05, 0.1) is 12.3 Å². The fraction of sp³-hybridized carbons (Fsp3) is 0.250. The summed E-state index contributed by atoms with van der Waals surface area (Å²) in [6.07, 6.45) is 2.98. The summed E-state index contributed by atoms with van der Waals surface area (Å²) in [4.78, 5) is 12.2. The Hall–Kier alpha value is -2.26. The maximum atomic E-state index is 12.2. The molecule has 0 bridgehead atoms. The SMILES string of the molecule is CCOc1ccccc1NC1=CC(=O)CC(c2cccc(Cl)c2)C1. The molecule has 4 heteroatoms. The van der Waals surface area contributed by atoms with Gasteiger partial charge in [-0.2, -0.15) is 0 Å². The average molecular weight is 342 g/mol. The molecule has 0 aliphatic heterocycles. The normalized spacial score (nSPS) is 17.3. The van der Waals surface area contributed by atoms with Crippen molar-refractivity contribution >= 4 is 23.1 Å². The number of halogens is 1. The van der Waals surface area contributed by atoms with Gasteiger partial charge in [0.1, 0.15) is 5.75 Å². The van der Waals surface area contributed by atoms with Crippen molar-refractivity contribution < 1.29 is 9.53 Å². The van der Waals surface area contributed by atoms with Crippen LogP contribution in [0.5, 0.6) is 5.75 Å². The summed E-state index contributed by atoms with van der Waals surface area (Å²) in [7, 11) is 0. The van der Waals surface area contributed by atoms with Gasteiger partial charge in [-0.3, -0.25) is 4.79 Å². The number of benzene rings is 2. The zero-order chi connectivity index (χ0) is 16.9. The largest absolute Gasteiger partial charge is 0.492 e. The summed E-state index contributed by atoms with van der Waals surface area (Å²) >= 11 is 6.09. The lowest BCUT2D eigenvalue weighted by atomic mass is 9.85. The Kier molecular flexibility index (Phi) is 5.21. The molecule has 1 atom stereocenters.